The molecule has 2 heterocycles. The van der Waals surface area contributed by atoms with E-state index in [1.165, 1.54) is 30.2 Å². The first-order valence-corrected chi connectivity index (χ1v) is 15.3. The summed E-state index contributed by atoms with van der Waals surface area (Å²) in [6.45, 7) is 7.91. The largest absolute Gasteiger partial charge is 0.494 e. The van der Waals surface area contributed by atoms with Gasteiger partial charge < -0.3 is 25.2 Å². The van der Waals surface area contributed by atoms with Gasteiger partial charge in [0.1, 0.15) is 16.5 Å². The Morgan fingerprint density at radius 1 is 1.15 bits per heavy atom. The third-order valence-corrected chi connectivity index (χ3v) is 8.52. The van der Waals surface area contributed by atoms with Crippen molar-refractivity contribution in [3.8, 4) is 5.75 Å². The average Bonchev–Trinajstić information content (AvgIpc) is 2.91. The van der Waals surface area contributed by atoms with E-state index in [2.05, 4.69) is 70.8 Å². The lowest BCUT2D eigenvalue weighted by Gasteiger charge is -2.36. The van der Waals surface area contributed by atoms with Crippen molar-refractivity contribution in [3.63, 3.8) is 0 Å². The summed E-state index contributed by atoms with van der Waals surface area (Å²) in [5, 5.41) is 20.1. The average molecular weight is 572 g/mol. The van der Waals surface area contributed by atoms with E-state index in [0.29, 0.717) is 34.0 Å². The molecule has 2 N–H and O–H groups in total. The molecular weight excluding hydrogens is 537 g/mol. The molecule has 2 aromatic carbocycles. The second-order valence-corrected chi connectivity index (χ2v) is 12.7. The first-order chi connectivity index (χ1) is 18.6. The van der Waals surface area contributed by atoms with Crippen molar-refractivity contribution in [2.75, 3.05) is 63.2 Å². The van der Waals surface area contributed by atoms with E-state index in [0.717, 1.165) is 31.6 Å². The number of nitrogens with zero attached hydrogens (tertiary/aromatic N) is 5. The number of benzene rings is 2. The fourth-order valence-corrected chi connectivity index (χ4v) is 5.94. The monoisotopic (exact) mass is 571 g/mol. The van der Waals surface area contributed by atoms with E-state index in [9.17, 15) is 10.1 Å². The Morgan fingerprint density at radius 3 is 2.49 bits per heavy atom. The summed E-state index contributed by atoms with van der Waals surface area (Å²) in [6.07, 6.45) is 3.36. The zero-order chi connectivity index (χ0) is 28.3. The Morgan fingerprint density at radius 2 is 1.87 bits per heavy atom. The van der Waals surface area contributed by atoms with E-state index >= 15 is 0 Å². The highest BCUT2D eigenvalue weighted by Gasteiger charge is 2.28. The number of nitro groups is 1. The predicted octanol–water partition coefficient (Wildman–Crippen LogP) is 5.74. The number of aromatic nitrogens is 2. The van der Waals surface area contributed by atoms with Crippen LogP contribution in [0.25, 0.3) is 0 Å². The van der Waals surface area contributed by atoms with Gasteiger partial charge in [0, 0.05) is 37.0 Å². The number of anilines is 5. The number of rotatable bonds is 9. The lowest BCUT2D eigenvalue weighted by molar-refractivity contribution is -0.384. The van der Waals surface area contributed by atoms with Gasteiger partial charge in [-0.15, -0.1) is 0 Å². The fourth-order valence-electron chi connectivity index (χ4n) is 4.73. The van der Waals surface area contributed by atoms with Crippen molar-refractivity contribution < 1.29 is 9.66 Å². The molecule has 0 saturated carbocycles. The minimum Gasteiger partial charge on any atom is -0.494 e. The molecule has 1 fully saturated rings. The molecule has 10 nitrogen and oxygen atoms in total. The summed E-state index contributed by atoms with van der Waals surface area (Å²) in [7, 11) is 5.30. The molecule has 1 saturated heterocycles. The molecule has 0 aliphatic carbocycles. The number of hydrogen-bond donors (Lipinski definition) is 2. The predicted molar refractivity (Wildman–Crippen MR) is 162 cm³/mol. The Kier molecular flexibility index (Phi) is 9.10. The van der Waals surface area contributed by atoms with Crippen molar-refractivity contribution in [2.24, 2.45) is 0 Å². The van der Waals surface area contributed by atoms with Gasteiger partial charge >= 0.3 is 0 Å². The van der Waals surface area contributed by atoms with Crippen molar-refractivity contribution in [2.45, 2.75) is 25.8 Å². The topological polar surface area (TPSA) is 109 Å². The Balaban J connectivity index is 1.63. The van der Waals surface area contributed by atoms with E-state index in [4.69, 9.17) is 16.3 Å². The molecule has 1 aliphatic rings. The van der Waals surface area contributed by atoms with Crippen LogP contribution < -0.4 is 25.6 Å². The van der Waals surface area contributed by atoms with Crippen LogP contribution >= 0.6 is 19.5 Å². The normalized spacial score (nSPS) is 14.1. The molecule has 39 heavy (non-hydrogen) atoms. The third-order valence-electron chi connectivity index (χ3n) is 6.91. The van der Waals surface area contributed by atoms with Gasteiger partial charge in [0.15, 0.2) is 5.82 Å². The fraction of sp³-hybridized carbons (Fsp3) is 0.407. The number of halogens is 1. The van der Waals surface area contributed by atoms with Gasteiger partial charge in [0.25, 0.3) is 5.69 Å². The molecule has 0 unspecified atom stereocenters. The lowest BCUT2D eigenvalue weighted by Crippen LogP contribution is -2.42. The molecule has 12 heteroatoms. The molecule has 0 bridgehead atoms. The van der Waals surface area contributed by atoms with E-state index < -0.39 is 0 Å². The first kappa shape index (κ1) is 28.8. The summed E-state index contributed by atoms with van der Waals surface area (Å²) in [6, 6.07) is 9.88. The van der Waals surface area contributed by atoms with E-state index in [1.54, 1.807) is 6.07 Å². The lowest BCUT2D eigenvalue weighted by atomic mass is 10.0. The molecule has 1 aromatic heterocycles. The van der Waals surface area contributed by atoms with Gasteiger partial charge in [-0.25, -0.2) is 4.98 Å². The van der Waals surface area contributed by atoms with Crippen LogP contribution in [0.1, 0.15) is 18.4 Å². The molecule has 0 radical (unpaired) electrons. The standard InChI is InChI=1S/C27H35ClN7O3P/c1-17-7-8-20(25(13-17)39(5)6)30-26-19(28)16-29-27(32-26)31-21-14-23(35(36)37)22(15-24(21)38-4)34-11-9-18(10-12-34)33(2)3/h7-8,13-16,18H,9-12H2,1-6H3,(H2,29,30,31,32). The highest BCUT2D eigenvalue weighted by Crippen LogP contribution is 2.40. The Hall–Kier alpha value is -3.20. The number of nitro benzene ring substituents is 1. The highest BCUT2D eigenvalue weighted by atomic mass is 35.5. The van der Waals surface area contributed by atoms with Crippen molar-refractivity contribution >= 4 is 59.3 Å². The van der Waals surface area contributed by atoms with E-state index in [1.807, 2.05) is 12.1 Å². The molecule has 0 spiro atoms. The maximum absolute atomic E-state index is 12.1. The Labute approximate surface area is 235 Å². The molecule has 4 rings (SSSR count). The van der Waals surface area contributed by atoms with Crippen LogP contribution in [-0.2, 0) is 0 Å². The summed E-state index contributed by atoms with van der Waals surface area (Å²) >= 11 is 6.44. The second-order valence-electron chi connectivity index (χ2n) is 10.0. The summed E-state index contributed by atoms with van der Waals surface area (Å²) < 4.78 is 5.63. The van der Waals surface area contributed by atoms with Crippen LogP contribution in [0.5, 0.6) is 5.75 Å². The number of ether oxygens (including phenoxy) is 1. The molecule has 208 valence electrons. The minimum atomic E-state index is -0.369. The molecule has 0 atom stereocenters. The number of methoxy groups -OCH3 is 1. The molecular formula is C27H35ClN7O3P. The van der Waals surface area contributed by atoms with Gasteiger partial charge in [-0.2, -0.15) is 4.98 Å². The SMILES string of the molecule is COc1cc(N2CCC(N(C)C)CC2)c([N+](=O)[O-])cc1Nc1ncc(Cl)c(Nc2ccc(C)cc2P(C)C)n1. The zero-order valence-electron chi connectivity index (χ0n) is 23.2. The smallest absolute Gasteiger partial charge is 0.294 e. The number of aryl methyl sites for hydroxylation is 1. The van der Waals surface area contributed by atoms with Crippen molar-refractivity contribution in [1.82, 2.24) is 14.9 Å². The van der Waals surface area contributed by atoms with Crippen LogP contribution in [0.4, 0.5) is 34.5 Å². The van der Waals surface area contributed by atoms with Gasteiger partial charge in [-0.3, -0.25) is 10.1 Å². The van der Waals surface area contributed by atoms with Crippen molar-refractivity contribution in [1.29, 1.82) is 0 Å². The first-order valence-electron chi connectivity index (χ1n) is 12.7. The molecule has 0 amide bonds. The van der Waals surface area contributed by atoms with Crippen LogP contribution in [0.3, 0.4) is 0 Å². The van der Waals surface area contributed by atoms with Crippen LogP contribution in [0, 0.1) is 17.0 Å². The van der Waals surface area contributed by atoms with Gasteiger partial charge in [-0.1, -0.05) is 31.2 Å². The molecule has 1 aliphatic heterocycles. The maximum Gasteiger partial charge on any atom is 0.294 e. The van der Waals surface area contributed by atoms with E-state index in [-0.39, 0.29) is 24.5 Å². The highest BCUT2D eigenvalue weighted by molar-refractivity contribution is 7.64. The number of nitrogens with one attached hydrogen (secondary N) is 2. The van der Waals surface area contributed by atoms with Crippen LogP contribution in [0.2, 0.25) is 5.02 Å². The summed E-state index contributed by atoms with van der Waals surface area (Å²) in [5.74, 6) is 1.13. The maximum atomic E-state index is 12.1. The minimum absolute atomic E-state index is 0.00235. The van der Waals surface area contributed by atoms with Crippen LogP contribution in [-0.4, -0.2) is 73.5 Å². The number of hydrogen-bond acceptors (Lipinski definition) is 9. The van der Waals surface area contributed by atoms with Gasteiger partial charge in [0.2, 0.25) is 5.95 Å². The molecule has 3 aromatic rings. The number of piperidine rings is 1. The van der Waals surface area contributed by atoms with Gasteiger partial charge in [0.05, 0.1) is 23.9 Å². The summed E-state index contributed by atoms with van der Waals surface area (Å²) in [4.78, 5) is 24.9. The second kappa shape index (κ2) is 12.3. The zero-order valence-corrected chi connectivity index (χ0v) is 24.8. The third kappa shape index (κ3) is 6.69. The van der Waals surface area contributed by atoms with Crippen LogP contribution in [0.15, 0.2) is 36.5 Å². The summed E-state index contributed by atoms with van der Waals surface area (Å²) in [5.41, 5.74) is 3.05. The van der Waals surface area contributed by atoms with Gasteiger partial charge in [-0.05, 0) is 64.6 Å². The van der Waals surface area contributed by atoms with Crippen molar-refractivity contribution in [3.05, 3.63) is 57.2 Å². The quantitative estimate of drug-likeness (QED) is 0.189. The Bertz CT molecular complexity index is 1350.